The average molecular weight is 365 g/mol. The van der Waals surface area contributed by atoms with Gasteiger partial charge in [-0.1, -0.05) is 6.92 Å². The highest BCUT2D eigenvalue weighted by Crippen LogP contribution is 2.33. The summed E-state index contributed by atoms with van der Waals surface area (Å²) in [5.41, 5.74) is 1.95. The lowest BCUT2D eigenvalue weighted by molar-refractivity contribution is -0.156. The zero-order chi connectivity index (χ0) is 19.6. The molecule has 5 heteroatoms. The number of nitrogens with zero attached hydrogens (tertiary/aromatic N) is 3. The van der Waals surface area contributed by atoms with Gasteiger partial charge in [0, 0.05) is 30.4 Å². The topological polar surface area (TPSA) is 66.2 Å². The van der Waals surface area contributed by atoms with Crippen molar-refractivity contribution in [3.8, 4) is 6.07 Å². The molecule has 2 aromatic rings. The van der Waals surface area contributed by atoms with Crippen molar-refractivity contribution in [3.05, 3.63) is 36.0 Å². The van der Waals surface area contributed by atoms with Gasteiger partial charge in [-0.15, -0.1) is 0 Å². The molecule has 2 atom stereocenters. The van der Waals surface area contributed by atoms with Crippen molar-refractivity contribution >= 4 is 22.6 Å². The summed E-state index contributed by atoms with van der Waals surface area (Å²) >= 11 is 0. The molecule has 1 fully saturated rings. The van der Waals surface area contributed by atoms with Crippen LogP contribution in [-0.2, 0) is 9.53 Å². The second-order valence-corrected chi connectivity index (χ2v) is 8.55. The quantitative estimate of drug-likeness (QED) is 0.759. The molecule has 0 unspecified atom stereocenters. The number of fused-ring (bicyclic) bond motifs is 1. The fourth-order valence-corrected chi connectivity index (χ4v) is 3.97. The summed E-state index contributed by atoms with van der Waals surface area (Å²) in [5, 5.41) is 10.3. The number of anilines is 1. The van der Waals surface area contributed by atoms with Gasteiger partial charge in [0.2, 0.25) is 0 Å². The van der Waals surface area contributed by atoms with Gasteiger partial charge >= 0.3 is 5.97 Å². The molecule has 0 spiro atoms. The number of pyridine rings is 1. The number of ether oxygens (including phenoxy) is 1. The van der Waals surface area contributed by atoms with Crippen LogP contribution in [0.1, 0.15) is 46.1 Å². The number of carbonyl (C=O) groups is 1. The Morgan fingerprint density at radius 3 is 2.81 bits per heavy atom. The molecule has 1 aromatic heterocycles. The Labute approximate surface area is 160 Å². The Morgan fingerprint density at radius 1 is 1.33 bits per heavy atom. The van der Waals surface area contributed by atoms with Crippen molar-refractivity contribution in [1.29, 1.82) is 5.26 Å². The fourth-order valence-electron chi connectivity index (χ4n) is 3.97. The monoisotopic (exact) mass is 365 g/mol. The van der Waals surface area contributed by atoms with Gasteiger partial charge in [-0.25, -0.2) is 0 Å². The molecule has 0 amide bonds. The highest BCUT2D eigenvalue weighted by atomic mass is 16.6. The van der Waals surface area contributed by atoms with Crippen LogP contribution in [0.15, 0.2) is 30.5 Å². The lowest BCUT2D eigenvalue weighted by atomic mass is 9.87. The van der Waals surface area contributed by atoms with Gasteiger partial charge in [-0.2, -0.15) is 5.26 Å². The predicted molar refractivity (Wildman–Crippen MR) is 106 cm³/mol. The van der Waals surface area contributed by atoms with Crippen LogP contribution < -0.4 is 4.90 Å². The lowest BCUT2D eigenvalue weighted by Crippen LogP contribution is -2.41. The third-order valence-corrected chi connectivity index (χ3v) is 4.83. The second kappa shape index (κ2) is 7.56. The molecular weight excluding hydrogens is 338 g/mol. The van der Waals surface area contributed by atoms with Crippen molar-refractivity contribution in [2.45, 2.75) is 46.1 Å². The summed E-state index contributed by atoms with van der Waals surface area (Å²) in [6.07, 6.45) is 3.17. The van der Waals surface area contributed by atoms with Gasteiger partial charge < -0.3 is 9.64 Å². The van der Waals surface area contributed by atoms with E-state index < -0.39 is 5.60 Å². The number of esters is 1. The first kappa shape index (κ1) is 19.2. The van der Waals surface area contributed by atoms with Gasteiger partial charge in [0.1, 0.15) is 11.7 Å². The highest BCUT2D eigenvalue weighted by Gasteiger charge is 2.29. The van der Waals surface area contributed by atoms with E-state index in [1.807, 2.05) is 45.0 Å². The van der Waals surface area contributed by atoms with E-state index in [1.165, 1.54) is 0 Å². The third kappa shape index (κ3) is 4.57. The highest BCUT2D eigenvalue weighted by molar-refractivity contribution is 5.95. The van der Waals surface area contributed by atoms with E-state index in [0.29, 0.717) is 17.9 Å². The molecule has 5 nitrogen and oxygen atoms in total. The van der Waals surface area contributed by atoms with Crippen LogP contribution >= 0.6 is 0 Å². The van der Waals surface area contributed by atoms with E-state index in [2.05, 4.69) is 22.9 Å². The van der Waals surface area contributed by atoms with E-state index >= 15 is 0 Å². The van der Waals surface area contributed by atoms with Crippen LogP contribution in [0.25, 0.3) is 10.9 Å². The number of rotatable bonds is 3. The standard InChI is InChI=1S/C22H27N3O2/c1-15-10-16(11-20(26)27-22(2,3)4)14-25(13-15)19-8-7-17(12-23)21-18(19)6-5-9-24-21/h5-9,15-16H,10-11,13-14H2,1-4H3/t15-,16-/m0/s1. The molecule has 0 saturated carbocycles. The van der Waals surface area contributed by atoms with Gasteiger partial charge in [0.15, 0.2) is 0 Å². The summed E-state index contributed by atoms with van der Waals surface area (Å²) in [4.78, 5) is 19.0. The van der Waals surface area contributed by atoms with Crippen molar-refractivity contribution in [1.82, 2.24) is 4.98 Å². The molecule has 0 radical (unpaired) electrons. The fraction of sp³-hybridized carbons (Fsp3) is 0.500. The van der Waals surface area contributed by atoms with Crippen LogP contribution in [0, 0.1) is 23.2 Å². The summed E-state index contributed by atoms with van der Waals surface area (Å²) in [5.74, 6) is 0.604. The van der Waals surface area contributed by atoms with Gasteiger partial charge in [-0.05, 0) is 63.3 Å². The number of hydrogen-bond donors (Lipinski definition) is 0. The smallest absolute Gasteiger partial charge is 0.306 e. The molecule has 142 valence electrons. The number of carbonyl (C=O) groups excluding carboxylic acids is 1. The molecule has 3 rings (SSSR count). The molecule has 0 bridgehead atoms. The molecule has 1 aliphatic heterocycles. The van der Waals surface area contributed by atoms with Crippen molar-refractivity contribution in [3.63, 3.8) is 0 Å². The zero-order valence-corrected chi connectivity index (χ0v) is 16.5. The summed E-state index contributed by atoms with van der Waals surface area (Å²) < 4.78 is 5.51. The van der Waals surface area contributed by atoms with E-state index in [9.17, 15) is 10.1 Å². The summed E-state index contributed by atoms with van der Waals surface area (Å²) in [6, 6.07) is 9.98. The number of piperidine rings is 1. The molecule has 0 aliphatic carbocycles. The van der Waals surface area contributed by atoms with E-state index in [-0.39, 0.29) is 11.9 Å². The van der Waals surface area contributed by atoms with Crippen LogP contribution in [0.5, 0.6) is 0 Å². The Hall–Kier alpha value is -2.61. The Bertz CT molecular complexity index is 879. The number of hydrogen-bond acceptors (Lipinski definition) is 5. The maximum atomic E-state index is 12.3. The second-order valence-electron chi connectivity index (χ2n) is 8.55. The van der Waals surface area contributed by atoms with Crippen molar-refractivity contribution in [2.24, 2.45) is 11.8 Å². The minimum atomic E-state index is -0.452. The maximum absolute atomic E-state index is 12.3. The minimum absolute atomic E-state index is 0.132. The molecule has 0 N–H and O–H groups in total. The Balaban J connectivity index is 1.84. The minimum Gasteiger partial charge on any atom is -0.460 e. The third-order valence-electron chi connectivity index (χ3n) is 4.83. The number of benzene rings is 1. The normalized spacial score (nSPS) is 20.3. The number of aromatic nitrogens is 1. The zero-order valence-electron chi connectivity index (χ0n) is 16.5. The van der Waals surface area contributed by atoms with Crippen molar-refractivity contribution in [2.75, 3.05) is 18.0 Å². The predicted octanol–water partition coefficient (Wildman–Crippen LogP) is 4.30. The first-order chi connectivity index (χ1) is 12.8. The van der Waals surface area contributed by atoms with Crippen LogP contribution in [0.2, 0.25) is 0 Å². The first-order valence-corrected chi connectivity index (χ1v) is 9.51. The van der Waals surface area contributed by atoms with Gasteiger partial charge in [0.25, 0.3) is 0 Å². The molecule has 1 aliphatic rings. The number of nitriles is 1. The molecule has 27 heavy (non-hydrogen) atoms. The van der Waals surface area contributed by atoms with Gasteiger partial charge in [-0.3, -0.25) is 9.78 Å². The molecule has 2 heterocycles. The summed E-state index contributed by atoms with van der Waals surface area (Å²) in [7, 11) is 0. The van der Waals surface area contributed by atoms with Crippen LogP contribution in [0.4, 0.5) is 5.69 Å². The van der Waals surface area contributed by atoms with E-state index in [1.54, 1.807) is 6.20 Å². The first-order valence-electron chi connectivity index (χ1n) is 9.51. The van der Waals surface area contributed by atoms with Gasteiger partial charge in [0.05, 0.1) is 17.5 Å². The average Bonchev–Trinajstić information content (AvgIpc) is 2.58. The van der Waals surface area contributed by atoms with E-state index in [4.69, 9.17) is 4.74 Å². The van der Waals surface area contributed by atoms with Crippen LogP contribution in [-0.4, -0.2) is 29.6 Å². The maximum Gasteiger partial charge on any atom is 0.306 e. The molecule has 1 saturated heterocycles. The lowest BCUT2D eigenvalue weighted by Gasteiger charge is -2.38. The molecular formula is C22H27N3O2. The van der Waals surface area contributed by atoms with E-state index in [0.717, 1.165) is 36.1 Å². The molecule has 1 aromatic carbocycles. The SMILES string of the molecule is C[C@H]1C[C@@H](CC(=O)OC(C)(C)C)CN(c2ccc(C#N)c3ncccc23)C1. The van der Waals surface area contributed by atoms with Crippen LogP contribution in [0.3, 0.4) is 0 Å². The Morgan fingerprint density at radius 2 is 2.11 bits per heavy atom. The summed E-state index contributed by atoms with van der Waals surface area (Å²) in [6.45, 7) is 9.66. The largest absolute Gasteiger partial charge is 0.460 e. The van der Waals surface area contributed by atoms with Crippen molar-refractivity contribution < 1.29 is 9.53 Å². The Kier molecular flexibility index (Phi) is 5.36.